The van der Waals surface area contributed by atoms with E-state index in [2.05, 4.69) is 37.3 Å². The summed E-state index contributed by atoms with van der Waals surface area (Å²) in [4.78, 5) is 14.0. The summed E-state index contributed by atoms with van der Waals surface area (Å²) < 4.78 is 7.31. The van der Waals surface area contributed by atoms with E-state index < -0.39 is 0 Å². The van der Waals surface area contributed by atoms with Crippen LogP contribution < -0.4 is 4.74 Å². The fraction of sp³-hybridized carbons (Fsp3) is 0.360. The summed E-state index contributed by atoms with van der Waals surface area (Å²) in [6, 6.07) is 18.2. The highest BCUT2D eigenvalue weighted by molar-refractivity contribution is 5.73. The molecule has 1 aliphatic heterocycles. The molecule has 0 atom stereocenters. The lowest BCUT2D eigenvalue weighted by Crippen LogP contribution is -2.45. The molecule has 1 aliphatic rings. The number of carbonyl (C=O) groups excluding carboxylic acids is 1. The minimum atomic E-state index is -0.324. The lowest BCUT2D eigenvalue weighted by Gasteiger charge is -2.32. The molecule has 7 heteroatoms. The molecule has 0 spiro atoms. The molecule has 2 heterocycles. The Morgan fingerprint density at radius 2 is 1.78 bits per heavy atom. The van der Waals surface area contributed by atoms with Gasteiger partial charge in [0.05, 0.1) is 24.2 Å². The number of aryl methyl sites for hydroxylation is 1. The van der Waals surface area contributed by atoms with Crippen molar-refractivity contribution in [3.05, 3.63) is 65.9 Å². The molecule has 2 aromatic carbocycles. The van der Waals surface area contributed by atoms with Crippen LogP contribution in [0.15, 0.2) is 54.6 Å². The average molecular weight is 435 g/mol. The fourth-order valence-corrected chi connectivity index (χ4v) is 4.11. The van der Waals surface area contributed by atoms with Gasteiger partial charge in [-0.2, -0.15) is 5.10 Å². The van der Waals surface area contributed by atoms with Crippen molar-refractivity contribution in [2.45, 2.75) is 32.6 Å². The molecule has 1 aromatic heterocycles. The molecule has 3 aromatic rings. The molecule has 0 aliphatic carbocycles. The fourth-order valence-electron chi connectivity index (χ4n) is 4.11. The predicted molar refractivity (Wildman–Crippen MR) is 123 cm³/mol. The smallest absolute Gasteiger partial charge is 0.343 e. The first-order chi connectivity index (χ1) is 15.5. The van der Waals surface area contributed by atoms with Crippen LogP contribution in [0, 0.1) is 6.92 Å². The van der Waals surface area contributed by atoms with Crippen LogP contribution >= 0.6 is 0 Å². The van der Waals surface area contributed by atoms with E-state index in [1.54, 1.807) is 18.9 Å². The van der Waals surface area contributed by atoms with Crippen molar-refractivity contribution in [1.82, 2.24) is 19.7 Å². The number of rotatable bonds is 5. The minimum Gasteiger partial charge on any atom is -0.497 e. The lowest BCUT2D eigenvalue weighted by molar-refractivity contribution is -0.0542. The number of aromatic nitrogens is 2. The Bertz CT molecular complexity index is 1050. The van der Waals surface area contributed by atoms with Gasteiger partial charge in [0, 0.05) is 31.1 Å². The number of ether oxygens (including phenoxy) is 1. The molecule has 0 bridgehead atoms. The number of hydrogen-bond acceptors (Lipinski definition) is 4. The number of amides is 2. The van der Waals surface area contributed by atoms with Gasteiger partial charge in [0.15, 0.2) is 0 Å². The van der Waals surface area contributed by atoms with Crippen LogP contribution in [0.4, 0.5) is 4.79 Å². The second-order valence-electron chi connectivity index (χ2n) is 8.19. The van der Waals surface area contributed by atoms with Gasteiger partial charge in [-0.05, 0) is 69.2 Å². The first-order valence-electron chi connectivity index (χ1n) is 11.1. The maximum Gasteiger partial charge on any atom is 0.343 e. The van der Waals surface area contributed by atoms with Crippen LogP contribution in [0.1, 0.15) is 36.9 Å². The molecule has 32 heavy (non-hydrogen) atoms. The summed E-state index contributed by atoms with van der Waals surface area (Å²) in [5, 5.41) is 15.5. The Morgan fingerprint density at radius 1 is 1.12 bits per heavy atom. The lowest BCUT2D eigenvalue weighted by atomic mass is 9.93. The van der Waals surface area contributed by atoms with Crippen molar-refractivity contribution in [2.24, 2.45) is 0 Å². The van der Waals surface area contributed by atoms with Crippen LogP contribution in [0.5, 0.6) is 5.75 Å². The minimum absolute atomic E-state index is 0.261. The molecular formula is C25H30N4O3. The SMILES string of the molecule is CCN(O)C(=O)N1CCC(c2cc(-c3ccc(OC)cc3)n(-c3ccc(C)cc3)n2)CC1. The normalized spacial score (nSPS) is 14.4. The molecule has 168 valence electrons. The van der Waals surface area contributed by atoms with Crippen LogP contribution in [-0.4, -0.2) is 57.7 Å². The molecule has 1 fully saturated rings. The van der Waals surface area contributed by atoms with E-state index in [9.17, 15) is 10.0 Å². The van der Waals surface area contributed by atoms with Crippen LogP contribution in [0.2, 0.25) is 0 Å². The van der Waals surface area contributed by atoms with Crippen molar-refractivity contribution in [3.8, 4) is 22.7 Å². The van der Waals surface area contributed by atoms with Gasteiger partial charge in [-0.3, -0.25) is 5.21 Å². The highest BCUT2D eigenvalue weighted by Crippen LogP contribution is 2.33. The van der Waals surface area contributed by atoms with Gasteiger partial charge in [-0.25, -0.2) is 14.5 Å². The molecule has 1 saturated heterocycles. The highest BCUT2D eigenvalue weighted by atomic mass is 16.5. The van der Waals surface area contributed by atoms with Crippen molar-refractivity contribution >= 4 is 6.03 Å². The van der Waals surface area contributed by atoms with Gasteiger partial charge in [0.1, 0.15) is 5.75 Å². The summed E-state index contributed by atoms with van der Waals surface area (Å²) in [6.45, 7) is 5.32. The van der Waals surface area contributed by atoms with Gasteiger partial charge in [-0.15, -0.1) is 0 Å². The third-order valence-corrected chi connectivity index (χ3v) is 6.10. The zero-order valence-corrected chi connectivity index (χ0v) is 18.9. The topological polar surface area (TPSA) is 70.8 Å². The summed E-state index contributed by atoms with van der Waals surface area (Å²) in [7, 11) is 1.66. The summed E-state index contributed by atoms with van der Waals surface area (Å²) in [5.41, 5.74) is 5.34. The Labute approximate surface area is 188 Å². The van der Waals surface area contributed by atoms with E-state index in [-0.39, 0.29) is 18.5 Å². The number of benzene rings is 2. The Balaban J connectivity index is 1.62. The molecule has 7 nitrogen and oxygen atoms in total. The predicted octanol–water partition coefficient (Wildman–Crippen LogP) is 4.87. The number of piperidine rings is 1. The van der Waals surface area contributed by atoms with Gasteiger partial charge < -0.3 is 9.64 Å². The third kappa shape index (κ3) is 4.48. The maximum absolute atomic E-state index is 12.3. The van der Waals surface area contributed by atoms with E-state index >= 15 is 0 Å². The number of likely N-dealkylation sites (tertiary alicyclic amines) is 1. The van der Waals surface area contributed by atoms with E-state index in [0.717, 1.165) is 46.3 Å². The van der Waals surface area contributed by atoms with Crippen molar-refractivity contribution in [2.75, 3.05) is 26.7 Å². The molecule has 0 saturated carbocycles. The zero-order chi connectivity index (χ0) is 22.7. The standard InChI is InChI=1S/C25H30N4O3/c1-4-28(31)25(30)27-15-13-19(14-16-27)23-17-24(20-7-11-22(32-3)12-8-20)29(26-23)21-9-5-18(2)6-10-21/h5-12,17,19,31H,4,13-16H2,1-3H3. The van der Waals surface area contributed by atoms with Crippen molar-refractivity contribution in [3.63, 3.8) is 0 Å². The summed E-state index contributed by atoms with van der Waals surface area (Å²) >= 11 is 0. The largest absolute Gasteiger partial charge is 0.497 e. The van der Waals surface area contributed by atoms with Crippen LogP contribution in [0.25, 0.3) is 16.9 Å². The van der Waals surface area contributed by atoms with Gasteiger partial charge in [-0.1, -0.05) is 17.7 Å². The maximum atomic E-state index is 12.3. The number of carbonyl (C=O) groups is 1. The molecule has 0 unspecified atom stereocenters. The van der Waals surface area contributed by atoms with Crippen molar-refractivity contribution < 1.29 is 14.7 Å². The number of urea groups is 1. The van der Waals surface area contributed by atoms with E-state index in [4.69, 9.17) is 9.84 Å². The van der Waals surface area contributed by atoms with E-state index in [1.165, 1.54) is 5.56 Å². The average Bonchev–Trinajstić information content (AvgIpc) is 3.29. The Hall–Kier alpha value is -3.32. The first kappa shape index (κ1) is 21.9. The van der Waals surface area contributed by atoms with Gasteiger partial charge >= 0.3 is 6.03 Å². The van der Waals surface area contributed by atoms with E-state index in [1.807, 2.05) is 28.9 Å². The van der Waals surface area contributed by atoms with Crippen LogP contribution in [0.3, 0.4) is 0 Å². The van der Waals surface area contributed by atoms with Gasteiger partial charge in [0.25, 0.3) is 0 Å². The number of nitrogens with zero attached hydrogens (tertiary/aromatic N) is 4. The van der Waals surface area contributed by atoms with Gasteiger partial charge in [0.2, 0.25) is 0 Å². The Morgan fingerprint density at radius 3 is 2.38 bits per heavy atom. The monoisotopic (exact) mass is 434 g/mol. The molecule has 0 radical (unpaired) electrons. The highest BCUT2D eigenvalue weighted by Gasteiger charge is 2.28. The second kappa shape index (κ2) is 9.44. The summed E-state index contributed by atoms with van der Waals surface area (Å²) in [6.07, 6.45) is 1.63. The quantitative estimate of drug-likeness (QED) is 0.460. The molecule has 1 N–H and O–H groups in total. The number of methoxy groups -OCH3 is 1. The molecule has 2 amide bonds. The van der Waals surface area contributed by atoms with Crippen LogP contribution in [-0.2, 0) is 0 Å². The second-order valence-corrected chi connectivity index (χ2v) is 8.19. The first-order valence-corrected chi connectivity index (χ1v) is 11.1. The third-order valence-electron chi connectivity index (χ3n) is 6.10. The number of hydrogen-bond donors (Lipinski definition) is 1. The summed E-state index contributed by atoms with van der Waals surface area (Å²) in [5.74, 6) is 1.08. The molecular weight excluding hydrogens is 404 g/mol. The molecule has 4 rings (SSSR count). The zero-order valence-electron chi connectivity index (χ0n) is 18.9. The van der Waals surface area contributed by atoms with Crippen molar-refractivity contribution in [1.29, 1.82) is 0 Å². The van der Waals surface area contributed by atoms with E-state index in [0.29, 0.717) is 13.1 Å². The Kier molecular flexibility index (Phi) is 6.46. The number of hydroxylamine groups is 2.